The van der Waals surface area contributed by atoms with Crippen molar-refractivity contribution in [1.82, 2.24) is 10.2 Å². The smallest absolute Gasteiger partial charge is 0.245 e. The summed E-state index contributed by atoms with van der Waals surface area (Å²) in [6, 6.07) is -0.759. The first kappa shape index (κ1) is 11.8. The van der Waals surface area contributed by atoms with E-state index >= 15 is 0 Å². The summed E-state index contributed by atoms with van der Waals surface area (Å²) in [5.41, 5.74) is 0.892. The predicted molar refractivity (Wildman–Crippen MR) is 58.2 cm³/mol. The number of piperazine rings is 1. The van der Waals surface area contributed by atoms with Gasteiger partial charge in [-0.15, -0.1) is 0 Å². The maximum Gasteiger partial charge on any atom is 0.245 e. The molecular weight excluding hydrogens is 192 g/mol. The van der Waals surface area contributed by atoms with Crippen LogP contribution in [0.5, 0.6) is 0 Å². The molecule has 1 fully saturated rings. The van der Waals surface area contributed by atoms with Crippen LogP contribution in [0.2, 0.25) is 0 Å². The number of hydrogen-bond acceptors (Lipinski definition) is 2. The molecule has 1 rings (SSSR count). The van der Waals surface area contributed by atoms with Crippen molar-refractivity contribution in [2.45, 2.75) is 39.3 Å². The van der Waals surface area contributed by atoms with Gasteiger partial charge in [-0.2, -0.15) is 0 Å². The van der Waals surface area contributed by atoms with Crippen molar-refractivity contribution in [2.75, 3.05) is 6.54 Å². The van der Waals surface area contributed by atoms with Crippen molar-refractivity contribution in [3.05, 3.63) is 12.2 Å². The van der Waals surface area contributed by atoms with Gasteiger partial charge in [0.15, 0.2) is 0 Å². The molecule has 0 aromatic rings. The zero-order valence-electron chi connectivity index (χ0n) is 9.54. The lowest BCUT2D eigenvalue weighted by molar-refractivity contribution is -0.148. The summed E-state index contributed by atoms with van der Waals surface area (Å²) >= 11 is 0. The summed E-state index contributed by atoms with van der Waals surface area (Å²) in [6.07, 6.45) is 0.636. The predicted octanol–water partition coefficient (Wildman–Crippen LogP) is 0.688. The van der Waals surface area contributed by atoms with E-state index in [2.05, 4.69) is 11.9 Å². The van der Waals surface area contributed by atoms with Crippen LogP contribution >= 0.6 is 0 Å². The molecule has 1 N–H and O–H groups in total. The maximum atomic E-state index is 11.8. The number of carbonyl (C=O) groups is 2. The van der Waals surface area contributed by atoms with Crippen molar-refractivity contribution in [3.8, 4) is 0 Å². The van der Waals surface area contributed by atoms with Crippen molar-refractivity contribution in [2.24, 2.45) is 0 Å². The quantitative estimate of drug-likeness (QED) is 0.697. The van der Waals surface area contributed by atoms with Gasteiger partial charge in [0.05, 0.1) is 0 Å². The van der Waals surface area contributed by atoms with E-state index in [4.69, 9.17) is 0 Å². The number of hydrogen-bond donors (Lipinski definition) is 1. The fourth-order valence-electron chi connectivity index (χ4n) is 1.80. The van der Waals surface area contributed by atoms with Crippen LogP contribution in [-0.4, -0.2) is 35.3 Å². The first-order valence-electron chi connectivity index (χ1n) is 5.22. The minimum atomic E-state index is -0.417. The van der Waals surface area contributed by atoms with Gasteiger partial charge >= 0.3 is 0 Å². The molecule has 0 aliphatic carbocycles. The molecule has 1 saturated heterocycles. The monoisotopic (exact) mass is 210 g/mol. The molecular formula is C11H18N2O2. The van der Waals surface area contributed by atoms with Gasteiger partial charge in [-0.25, -0.2) is 0 Å². The number of amides is 2. The van der Waals surface area contributed by atoms with E-state index in [0.717, 1.165) is 5.57 Å². The molecule has 1 aliphatic heterocycles. The Bertz CT molecular complexity index is 299. The van der Waals surface area contributed by atoms with E-state index in [1.807, 2.05) is 13.8 Å². The molecule has 84 valence electrons. The highest BCUT2D eigenvalue weighted by Gasteiger charge is 2.36. The first-order valence-corrected chi connectivity index (χ1v) is 5.22. The number of nitrogens with one attached hydrogen (secondary N) is 1. The van der Waals surface area contributed by atoms with Crippen molar-refractivity contribution in [1.29, 1.82) is 0 Å². The standard InChI is InChI=1S/C11H18N2O2/c1-5-9-10(14)12-8(4)11(15)13(9)6-7(2)3/h8-9H,2,5-6H2,1,3-4H3,(H,12,14). The number of carbonyl (C=O) groups excluding carboxylic acids is 2. The number of rotatable bonds is 3. The SMILES string of the molecule is C=C(C)CN1C(=O)C(C)NC(=O)C1CC. The van der Waals surface area contributed by atoms with Crippen molar-refractivity contribution >= 4 is 11.8 Å². The third kappa shape index (κ3) is 2.37. The van der Waals surface area contributed by atoms with Gasteiger partial charge in [-0.3, -0.25) is 9.59 Å². The molecule has 0 aromatic carbocycles. The van der Waals surface area contributed by atoms with Crippen LogP contribution in [0.15, 0.2) is 12.2 Å². The van der Waals surface area contributed by atoms with E-state index in [1.54, 1.807) is 11.8 Å². The maximum absolute atomic E-state index is 11.8. The largest absolute Gasteiger partial charge is 0.343 e. The molecule has 0 saturated carbocycles. The van der Waals surface area contributed by atoms with E-state index in [9.17, 15) is 9.59 Å². The van der Waals surface area contributed by atoms with Crippen molar-refractivity contribution < 1.29 is 9.59 Å². The van der Waals surface area contributed by atoms with Gasteiger partial charge in [0.1, 0.15) is 12.1 Å². The highest BCUT2D eigenvalue weighted by atomic mass is 16.2. The lowest BCUT2D eigenvalue weighted by Gasteiger charge is -2.37. The second-order valence-corrected chi connectivity index (χ2v) is 4.08. The van der Waals surface area contributed by atoms with Gasteiger partial charge < -0.3 is 10.2 Å². The summed E-state index contributed by atoms with van der Waals surface area (Å²) in [6.45, 7) is 9.71. The van der Waals surface area contributed by atoms with Gasteiger partial charge in [0.25, 0.3) is 0 Å². The van der Waals surface area contributed by atoms with Crippen LogP contribution in [0.3, 0.4) is 0 Å². The first-order chi connectivity index (χ1) is 6.97. The van der Waals surface area contributed by atoms with Crippen LogP contribution < -0.4 is 5.32 Å². The van der Waals surface area contributed by atoms with E-state index < -0.39 is 6.04 Å². The summed E-state index contributed by atoms with van der Waals surface area (Å²) in [5, 5.41) is 2.67. The minimum Gasteiger partial charge on any atom is -0.343 e. The molecule has 15 heavy (non-hydrogen) atoms. The van der Waals surface area contributed by atoms with Gasteiger partial charge in [-0.05, 0) is 20.3 Å². The van der Waals surface area contributed by atoms with E-state index in [1.165, 1.54) is 0 Å². The van der Waals surface area contributed by atoms with Crippen LogP contribution in [0.4, 0.5) is 0 Å². The lowest BCUT2D eigenvalue weighted by Crippen LogP contribution is -2.62. The average molecular weight is 210 g/mol. The Morgan fingerprint density at radius 3 is 2.60 bits per heavy atom. The molecule has 1 aliphatic rings. The van der Waals surface area contributed by atoms with Crippen LogP contribution in [0, 0.1) is 0 Å². The summed E-state index contributed by atoms with van der Waals surface area (Å²) in [7, 11) is 0. The van der Waals surface area contributed by atoms with Crippen LogP contribution in [0.25, 0.3) is 0 Å². The van der Waals surface area contributed by atoms with Gasteiger partial charge in [0.2, 0.25) is 11.8 Å². The molecule has 2 atom stereocenters. The van der Waals surface area contributed by atoms with Crippen LogP contribution in [0.1, 0.15) is 27.2 Å². The zero-order valence-corrected chi connectivity index (χ0v) is 9.54. The third-order valence-corrected chi connectivity index (χ3v) is 2.52. The zero-order chi connectivity index (χ0) is 11.6. The Kier molecular flexibility index (Phi) is 3.50. The summed E-state index contributed by atoms with van der Waals surface area (Å²) in [4.78, 5) is 25.1. The Hall–Kier alpha value is -1.32. The second-order valence-electron chi connectivity index (χ2n) is 4.08. The third-order valence-electron chi connectivity index (χ3n) is 2.52. The molecule has 4 heteroatoms. The van der Waals surface area contributed by atoms with E-state index in [-0.39, 0.29) is 17.9 Å². The van der Waals surface area contributed by atoms with Crippen molar-refractivity contribution in [3.63, 3.8) is 0 Å². The lowest BCUT2D eigenvalue weighted by atomic mass is 10.1. The van der Waals surface area contributed by atoms with Gasteiger partial charge in [0, 0.05) is 6.54 Å². The Labute approximate surface area is 90.3 Å². The minimum absolute atomic E-state index is 0.0237. The molecule has 1 heterocycles. The van der Waals surface area contributed by atoms with E-state index in [0.29, 0.717) is 13.0 Å². The fraction of sp³-hybridized carbons (Fsp3) is 0.636. The molecule has 0 aromatic heterocycles. The highest BCUT2D eigenvalue weighted by molar-refractivity contribution is 5.96. The molecule has 2 amide bonds. The van der Waals surface area contributed by atoms with Crippen LogP contribution in [-0.2, 0) is 9.59 Å². The summed E-state index contributed by atoms with van der Waals surface area (Å²) < 4.78 is 0. The van der Waals surface area contributed by atoms with Gasteiger partial charge in [-0.1, -0.05) is 19.1 Å². The average Bonchev–Trinajstić information content (AvgIpc) is 2.13. The molecule has 0 spiro atoms. The highest BCUT2D eigenvalue weighted by Crippen LogP contribution is 2.14. The molecule has 0 bridgehead atoms. The molecule has 2 unspecified atom stereocenters. The second kappa shape index (κ2) is 4.47. The Morgan fingerprint density at radius 2 is 2.13 bits per heavy atom. The number of nitrogens with zero attached hydrogens (tertiary/aromatic N) is 1. The Morgan fingerprint density at radius 1 is 1.53 bits per heavy atom. The molecule has 4 nitrogen and oxygen atoms in total. The normalized spacial score (nSPS) is 26.5. The molecule has 0 radical (unpaired) electrons. The Balaban J connectivity index is 2.88. The topological polar surface area (TPSA) is 49.4 Å². The summed E-state index contributed by atoms with van der Waals surface area (Å²) in [5.74, 6) is -0.0877. The fourth-order valence-corrected chi connectivity index (χ4v) is 1.80.